The molecule has 2 heterocycles. The Morgan fingerprint density at radius 1 is 1.43 bits per heavy atom. The molecule has 0 aromatic carbocycles. The Hall–Kier alpha value is -1.89. The number of sulfonamides is 1. The van der Waals surface area contributed by atoms with E-state index in [0.717, 1.165) is 27.8 Å². The van der Waals surface area contributed by atoms with Crippen molar-refractivity contribution in [2.45, 2.75) is 18.1 Å². The fourth-order valence-corrected chi connectivity index (χ4v) is 5.05. The zero-order valence-corrected chi connectivity index (χ0v) is 13.4. The normalized spacial score (nSPS) is 11.1. The van der Waals surface area contributed by atoms with E-state index in [0.29, 0.717) is 0 Å². The van der Waals surface area contributed by atoms with Crippen molar-refractivity contribution in [1.29, 1.82) is 5.26 Å². The molecule has 21 heavy (non-hydrogen) atoms. The Bertz CT molecular complexity index is 856. The number of hydrogen-bond donors (Lipinski definition) is 2. The number of carbonyl (C=O) groups is 1. The monoisotopic (exact) mass is 342 g/mol. The van der Waals surface area contributed by atoms with Gasteiger partial charge in [0, 0.05) is 10.3 Å². The van der Waals surface area contributed by atoms with Gasteiger partial charge in [0.25, 0.3) is 10.0 Å². The minimum atomic E-state index is -3.90. The maximum absolute atomic E-state index is 12.2. The van der Waals surface area contributed by atoms with Gasteiger partial charge >= 0.3 is 5.97 Å². The molecule has 2 aromatic heterocycles. The number of carboxylic acids is 1. The molecule has 0 unspecified atom stereocenters. The molecule has 0 fully saturated rings. The first-order valence-electron chi connectivity index (χ1n) is 5.61. The molecular formula is C12H10N2O4S3. The van der Waals surface area contributed by atoms with Crippen LogP contribution < -0.4 is 4.72 Å². The van der Waals surface area contributed by atoms with E-state index in [1.54, 1.807) is 13.8 Å². The molecule has 0 bridgehead atoms. The fraction of sp³-hybridized carbons (Fsp3) is 0.167. The first kappa shape index (κ1) is 15.5. The molecule has 0 saturated heterocycles. The standard InChI is InChI=1S/C12H10N2O4S3/c1-6-7(2)20-11(9(6)4-13)14-21(17,18)10-3-8(5-19-10)12(15)16/h3,5,14H,1-2H3,(H,15,16). The number of anilines is 1. The number of rotatable bonds is 4. The van der Waals surface area contributed by atoms with Crippen LogP contribution in [-0.2, 0) is 10.0 Å². The predicted molar refractivity (Wildman–Crippen MR) is 80.6 cm³/mol. The minimum absolute atomic E-state index is 0.0839. The van der Waals surface area contributed by atoms with Crippen LogP contribution >= 0.6 is 22.7 Å². The van der Waals surface area contributed by atoms with Gasteiger partial charge in [-0.05, 0) is 25.5 Å². The number of aryl methyl sites for hydroxylation is 1. The number of aromatic carboxylic acids is 1. The van der Waals surface area contributed by atoms with E-state index in [1.807, 2.05) is 6.07 Å². The van der Waals surface area contributed by atoms with E-state index in [1.165, 1.54) is 16.7 Å². The lowest BCUT2D eigenvalue weighted by atomic mass is 10.2. The van der Waals surface area contributed by atoms with Crippen LogP contribution in [0.2, 0.25) is 0 Å². The van der Waals surface area contributed by atoms with E-state index in [9.17, 15) is 13.2 Å². The van der Waals surface area contributed by atoms with Gasteiger partial charge in [-0.15, -0.1) is 22.7 Å². The summed E-state index contributed by atoms with van der Waals surface area (Å²) in [4.78, 5) is 11.6. The summed E-state index contributed by atoms with van der Waals surface area (Å²) in [6.45, 7) is 3.54. The van der Waals surface area contributed by atoms with E-state index < -0.39 is 16.0 Å². The van der Waals surface area contributed by atoms with Crippen molar-refractivity contribution in [2.24, 2.45) is 0 Å². The van der Waals surface area contributed by atoms with Gasteiger partial charge in [-0.1, -0.05) is 0 Å². The molecule has 0 aliphatic heterocycles. The van der Waals surface area contributed by atoms with Crippen LogP contribution in [0.5, 0.6) is 0 Å². The van der Waals surface area contributed by atoms with Crippen molar-refractivity contribution in [3.8, 4) is 6.07 Å². The molecule has 2 rings (SSSR count). The van der Waals surface area contributed by atoms with Crippen LogP contribution in [0.25, 0.3) is 0 Å². The lowest BCUT2D eigenvalue weighted by molar-refractivity contribution is 0.0697. The van der Waals surface area contributed by atoms with E-state index in [-0.39, 0.29) is 20.3 Å². The summed E-state index contributed by atoms with van der Waals surface area (Å²) in [5.41, 5.74) is 0.938. The van der Waals surface area contributed by atoms with Crippen molar-refractivity contribution in [3.63, 3.8) is 0 Å². The minimum Gasteiger partial charge on any atom is -0.478 e. The number of nitriles is 1. The van der Waals surface area contributed by atoms with Crippen LogP contribution in [0.1, 0.15) is 26.4 Å². The van der Waals surface area contributed by atoms with Gasteiger partial charge in [0.05, 0.1) is 11.1 Å². The molecular weight excluding hydrogens is 332 g/mol. The zero-order valence-electron chi connectivity index (χ0n) is 11.0. The lowest BCUT2D eigenvalue weighted by Crippen LogP contribution is -2.11. The third-order valence-corrected chi connectivity index (χ3v) is 6.85. The molecule has 0 aliphatic carbocycles. The van der Waals surface area contributed by atoms with E-state index >= 15 is 0 Å². The molecule has 0 spiro atoms. The Balaban J connectivity index is 2.40. The van der Waals surface area contributed by atoms with E-state index in [2.05, 4.69) is 4.72 Å². The number of hydrogen-bond acceptors (Lipinski definition) is 6. The largest absolute Gasteiger partial charge is 0.478 e. The highest BCUT2D eigenvalue weighted by molar-refractivity contribution is 7.94. The highest BCUT2D eigenvalue weighted by Gasteiger charge is 2.22. The Kier molecular flexibility index (Phi) is 4.04. The second-order valence-corrected chi connectivity index (χ2v) is 8.21. The number of nitrogens with one attached hydrogen (secondary N) is 1. The summed E-state index contributed by atoms with van der Waals surface area (Å²) in [6, 6.07) is 3.07. The summed E-state index contributed by atoms with van der Waals surface area (Å²) in [6.07, 6.45) is 0. The highest BCUT2D eigenvalue weighted by atomic mass is 32.2. The first-order valence-corrected chi connectivity index (χ1v) is 8.79. The molecule has 2 N–H and O–H groups in total. The average molecular weight is 342 g/mol. The van der Waals surface area contributed by atoms with Crippen molar-refractivity contribution >= 4 is 43.7 Å². The maximum atomic E-state index is 12.2. The summed E-state index contributed by atoms with van der Waals surface area (Å²) in [5, 5.41) is 19.4. The molecule has 0 aliphatic rings. The van der Waals surface area contributed by atoms with Crippen LogP contribution in [0.3, 0.4) is 0 Å². The molecule has 0 radical (unpaired) electrons. The Morgan fingerprint density at radius 3 is 2.62 bits per heavy atom. The summed E-state index contributed by atoms with van der Waals surface area (Å²) >= 11 is 1.99. The third kappa shape index (κ3) is 2.92. The smallest absolute Gasteiger partial charge is 0.336 e. The van der Waals surface area contributed by atoms with Gasteiger partial charge in [-0.3, -0.25) is 4.72 Å². The number of nitrogens with zero attached hydrogens (tertiary/aromatic N) is 1. The summed E-state index contributed by atoms with van der Waals surface area (Å²) in [5.74, 6) is -1.19. The molecule has 0 atom stereocenters. The van der Waals surface area contributed by atoms with Crippen LogP contribution in [-0.4, -0.2) is 19.5 Å². The summed E-state index contributed by atoms with van der Waals surface area (Å²) < 4.78 is 26.7. The second-order valence-electron chi connectivity index (χ2n) is 4.16. The highest BCUT2D eigenvalue weighted by Crippen LogP contribution is 2.34. The van der Waals surface area contributed by atoms with Crippen molar-refractivity contribution < 1.29 is 18.3 Å². The van der Waals surface area contributed by atoms with Gasteiger partial charge < -0.3 is 5.11 Å². The van der Waals surface area contributed by atoms with Gasteiger partial charge in [0.2, 0.25) is 0 Å². The van der Waals surface area contributed by atoms with Crippen molar-refractivity contribution in [2.75, 3.05) is 4.72 Å². The zero-order chi connectivity index (χ0) is 15.8. The molecule has 9 heteroatoms. The van der Waals surface area contributed by atoms with Gasteiger partial charge in [0.15, 0.2) is 0 Å². The van der Waals surface area contributed by atoms with Crippen molar-refractivity contribution in [3.05, 3.63) is 33.0 Å². The number of thiophene rings is 2. The van der Waals surface area contributed by atoms with Crippen LogP contribution in [0.4, 0.5) is 5.00 Å². The van der Waals surface area contributed by atoms with Crippen molar-refractivity contribution in [1.82, 2.24) is 0 Å². The van der Waals surface area contributed by atoms with Gasteiger partial charge in [-0.25, -0.2) is 13.2 Å². The second kappa shape index (κ2) is 5.48. The summed E-state index contributed by atoms with van der Waals surface area (Å²) in [7, 11) is -3.90. The van der Waals surface area contributed by atoms with Gasteiger partial charge in [-0.2, -0.15) is 5.26 Å². The molecule has 0 saturated carbocycles. The first-order chi connectivity index (χ1) is 9.76. The SMILES string of the molecule is Cc1sc(NS(=O)(=O)c2cc(C(=O)O)cs2)c(C#N)c1C. The quantitative estimate of drug-likeness (QED) is 0.888. The lowest BCUT2D eigenvalue weighted by Gasteiger charge is -2.03. The molecule has 0 amide bonds. The van der Waals surface area contributed by atoms with Crippen LogP contribution in [0.15, 0.2) is 15.7 Å². The molecule has 6 nitrogen and oxygen atoms in total. The van der Waals surface area contributed by atoms with E-state index in [4.69, 9.17) is 10.4 Å². The van der Waals surface area contributed by atoms with Gasteiger partial charge in [0.1, 0.15) is 15.3 Å². The van der Waals surface area contributed by atoms with Crippen LogP contribution in [0, 0.1) is 25.2 Å². The fourth-order valence-electron chi connectivity index (χ4n) is 1.58. The molecule has 2 aromatic rings. The average Bonchev–Trinajstić information content (AvgIpc) is 2.97. The topological polar surface area (TPSA) is 107 Å². The number of carboxylic acid groups (broad SMARTS) is 1. The molecule has 110 valence electrons. The Labute approximate surface area is 129 Å². The predicted octanol–water partition coefficient (Wildman–Crippen LogP) is 2.80. The maximum Gasteiger partial charge on any atom is 0.336 e. The third-order valence-electron chi connectivity index (χ3n) is 2.81. The Morgan fingerprint density at radius 2 is 2.10 bits per heavy atom.